The zero-order valence-electron chi connectivity index (χ0n) is 11.8. The van der Waals surface area contributed by atoms with E-state index in [2.05, 4.69) is 0 Å². The number of esters is 1. The van der Waals surface area contributed by atoms with Gasteiger partial charge in [0.2, 0.25) is 0 Å². The van der Waals surface area contributed by atoms with Crippen molar-refractivity contribution >= 4 is 17.6 Å². The van der Waals surface area contributed by atoms with Gasteiger partial charge in [-0.15, -0.1) is 0 Å². The Labute approximate surface area is 122 Å². The normalized spacial score (nSPS) is 15.8. The first-order chi connectivity index (χ1) is 10.0. The van der Waals surface area contributed by atoms with Crippen molar-refractivity contribution in [1.29, 1.82) is 0 Å². The van der Waals surface area contributed by atoms with Crippen LogP contribution in [-0.4, -0.2) is 36.7 Å². The van der Waals surface area contributed by atoms with Crippen molar-refractivity contribution in [3.8, 4) is 0 Å². The second-order valence-corrected chi connectivity index (χ2v) is 4.98. The van der Waals surface area contributed by atoms with Crippen molar-refractivity contribution in [2.75, 3.05) is 24.6 Å². The predicted octanol–water partition coefficient (Wildman–Crippen LogP) is 2.30. The lowest BCUT2D eigenvalue weighted by molar-refractivity contribution is -0.148. The maximum atomic E-state index is 13.4. The molecule has 1 saturated heterocycles. The maximum Gasteiger partial charge on any atom is 0.338 e. The van der Waals surface area contributed by atoms with Crippen LogP contribution >= 0.6 is 0 Å². The Morgan fingerprint density at radius 1 is 1.38 bits per heavy atom. The molecular formula is C15H18FNO4. The van der Waals surface area contributed by atoms with E-state index < -0.39 is 11.8 Å². The number of hydrogen-bond donors (Lipinski definition) is 1. The molecule has 1 heterocycles. The van der Waals surface area contributed by atoms with Gasteiger partial charge in [0.25, 0.3) is 0 Å². The van der Waals surface area contributed by atoms with Crippen LogP contribution in [0.1, 0.15) is 30.1 Å². The summed E-state index contributed by atoms with van der Waals surface area (Å²) in [5, 5.41) is 8.94. The highest BCUT2D eigenvalue weighted by Gasteiger charge is 2.26. The van der Waals surface area contributed by atoms with Crippen LogP contribution < -0.4 is 4.90 Å². The van der Waals surface area contributed by atoms with E-state index in [-0.39, 0.29) is 17.5 Å². The number of aromatic carboxylic acids is 1. The Morgan fingerprint density at radius 2 is 2.05 bits per heavy atom. The minimum absolute atomic E-state index is 0.111. The number of halogens is 1. The van der Waals surface area contributed by atoms with Gasteiger partial charge in [-0.2, -0.15) is 0 Å². The van der Waals surface area contributed by atoms with Gasteiger partial charge < -0.3 is 14.7 Å². The van der Waals surface area contributed by atoms with Crippen LogP contribution in [0.25, 0.3) is 0 Å². The molecule has 1 aromatic carbocycles. The standard InChI is InChI=1S/C15H18FNO4/c1-2-21-15(20)10-5-7-17(8-6-10)11-3-4-13(16)12(9-11)14(18)19/h3-4,9-10H,2,5-8H2,1H3,(H,18,19). The molecular weight excluding hydrogens is 277 g/mol. The summed E-state index contributed by atoms with van der Waals surface area (Å²) in [5.41, 5.74) is 0.330. The van der Waals surface area contributed by atoms with Crippen molar-refractivity contribution in [2.24, 2.45) is 5.92 Å². The van der Waals surface area contributed by atoms with Crippen LogP contribution in [0.15, 0.2) is 18.2 Å². The van der Waals surface area contributed by atoms with Gasteiger partial charge >= 0.3 is 11.9 Å². The Balaban J connectivity index is 2.04. The number of carbonyl (C=O) groups is 2. The molecule has 5 nitrogen and oxygen atoms in total. The average Bonchev–Trinajstić information content (AvgIpc) is 2.48. The van der Waals surface area contributed by atoms with Crippen LogP contribution in [0.4, 0.5) is 10.1 Å². The van der Waals surface area contributed by atoms with Gasteiger partial charge in [0.1, 0.15) is 5.82 Å². The highest BCUT2D eigenvalue weighted by atomic mass is 19.1. The lowest BCUT2D eigenvalue weighted by atomic mass is 9.96. The third kappa shape index (κ3) is 3.51. The topological polar surface area (TPSA) is 66.8 Å². The number of carbonyl (C=O) groups excluding carboxylic acids is 1. The van der Waals surface area contributed by atoms with E-state index in [4.69, 9.17) is 9.84 Å². The number of rotatable bonds is 4. The van der Waals surface area contributed by atoms with E-state index in [1.165, 1.54) is 6.07 Å². The van der Waals surface area contributed by atoms with Crippen molar-refractivity contribution in [2.45, 2.75) is 19.8 Å². The monoisotopic (exact) mass is 295 g/mol. The molecule has 6 heteroatoms. The molecule has 0 radical (unpaired) electrons. The number of anilines is 1. The number of piperidine rings is 1. The average molecular weight is 295 g/mol. The van der Waals surface area contributed by atoms with E-state index in [1.807, 2.05) is 4.90 Å². The number of carboxylic acids is 1. The summed E-state index contributed by atoms with van der Waals surface area (Å²) >= 11 is 0. The number of nitrogens with zero attached hydrogens (tertiary/aromatic N) is 1. The second kappa shape index (κ2) is 6.56. The molecule has 0 aromatic heterocycles. The van der Waals surface area contributed by atoms with Gasteiger partial charge in [-0.1, -0.05) is 0 Å². The summed E-state index contributed by atoms with van der Waals surface area (Å²) in [6, 6.07) is 4.06. The molecule has 0 amide bonds. The van der Waals surface area contributed by atoms with E-state index in [9.17, 15) is 14.0 Å². The zero-order valence-corrected chi connectivity index (χ0v) is 11.8. The molecule has 21 heavy (non-hydrogen) atoms. The van der Waals surface area contributed by atoms with E-state index in [0.717, 1.165) is 6.07 Å². The summed E-state index contributed by atoms with van der Waals surface area (Å²) in [6.45, 7) is 3.39. The fraction of sp³-hybridized carbons (Fsp3) is 0.467. The highest BCUT2D eigenvalue weighted by Crippen LogP contribution is 2.25. The maximum absolute atomic E-state index is 13.4. The van der Waals surface area contributed by atoms with E-state index in [0.29, 0.717) is 38.2 Å². The van der Waals surface area contributed by atoms with Crippen LogP contribution in [0.3, 0.4) is 0 Å². The smallest absolute Gasteiger partial charge is 0.338 e. The fourth-order valence-electron chi connectivity index (χ4n) is 2.51. The SMILES string of the molecule is CCOC(=O)C1CCN(c2ccc(F)c(C(=O)O)c2)CC1. The number of hydrogen-bond acceptors (Lipinski definition) is 4. The molecule has 0 unspecified atom stereocenters. The first kappa shape index (κ1) is 15.3. The molecule has 1 fully saturated rings. The third-order valence-corrected chi connectivity index (χ3v) is 3.66. The van der Waals surface area contributed by atoms with Crippen molar-refractivity contribution in [3.63, 3.8) is 0 Å². The quantitative estimate of drug-likeness (QED) is 0.863. The van der Waals surface area contributed by atoms with Crippen molar-refractivity contribution in [1.82, 2.24) is 0 Å². The molecule has 0 saturated carbocycles. The molecule has 2 rings (SSSR count). The molecule has 0 atom stereocenters. The lowest BCUT2D eigenvalue weighted by Crippen LogP contribution is -2.37. The Bertz CT molecular complexity index is 538. The molecule has 114 valence electrons. The summed E-state index contributed by atoms with van der Waals surface area (Å²) in [5.74, 6) is -2.31. The molecule has 0 bridgehead atoms. The Kier molecular flexibility index (Phi) is 4.77. The summed E-state index contributed by atoms with van der Waals surface area (Å²) in [6.07, 6.45) is 1.30. The Morgan fingerprint density at radius 3 is 2.62 bits per heavy atom. The minimum Gasteiger partial charge on any atom is -0.478 e. The van der Waals surface area contributed by atoms with Crippen LogP contribution in [0, 0.1) is 11.7 Å². The fourth-order valence-corrected chi connectivity index (χ4v) is 2.51. The van der Waals surface area contributed by atoms with Gasteiger partial charge in [-0.25, -0.2) is 9.18 Å². The van der Waals surface area contributed by atoms with Gasteiger partial charge in [0.15, 0.2) is 0 Å². The van der Waals surface area contributed by atoms with Crippen LogP contribution in [0.5, 0.6) is 0 Å². The van der Waals surface area contributed by atoms with Crippen molar-refractivity contribution in [3.05, 3.63) is 29.6 Å². The molecule has 1 aromatic rings. The van der Waals surface area contributed by atoms with Crippen LogP contribution in [-0.2, 0) is 9.53 Å². The zero-order chi connectivity index (χ0) is 15.4. The van der Waals surface area contributed by atoms with Gasteiger partial charge in [-0.05, 0) is 38.0 Å². The molecule has 1 aliphatic rings. The van der Waals surface area contributed by atoms with Gasteiger partial charge in [-0.3, -0.25) is 4.79 Å². The largest absolute Gasteiger partial charge is 0.478 e. The Hall–Kier alpha value is -2.11. The van der Waals surface area contributed by atoms with Crippen molar-refractivity contribution < 1.29 is 23.8 Å². The van der Waals surface area contributed by atoms with E-state index in [1.54, 1.807) is 13.0 Å². The molecule has 1 N–H and O–H groups in total. The lowest BCUT2D eigenvalue weighted by Gasteiger charge is -2.32. The first-order valence-corrected chi connectivity index (χ1v) is 6.97. The number of carboxylic acid groups (broad SMARTS) is 1. The predicted molar refractivity (Wildman–Crippen MR) is 74.9 cm³/mol. The second-order valence-electron chi connectivity index (χ2n) is 4.98. The van der Waals surface area contributed by atoms with Crippen LogP contribution in [0.2, 0.25) is 0 Å². The van der Waals surface area contributed by atoms with Gasteiger partial charge in [0, 0.05) is 18.8 Å². The first-order valence-electron chi connectivity index (χ1n) is 6.97. The third-order valence-electron chi connectivity index (χ3n) is 3.66. The minimum atomic E-state index is -1.28. The number of ether oxygens (including phenoxy) is 1. The highest BCUT2D eigenvalue weighted by molar-refractivity contribution is 5.89. The molecule has 0 spiro atoms. The number of benzene rings is 1. The summed E-state index contributed by atoms with van der Waals surface area (Å²) < 4.78 is 18.4. The summed E-state index contributed by atoms with van der Waals surface area (Å²) in [4.78, 5) is 24.6. The molecule has 1 aliphatic heterocycles. The molecule has 0 aliphatic carbocycles. The summed E-state index contributed by atoms with van der Waals surface area (Å²) in [7, 11) is 0. The van der Waals surface area contributed by atoms with Gasteiger partial charge in [0.05, 0.1) is 18.1 Å². The van der Waals surface area contributed by atoms with E-state index >= 15 is 0 Å².